The van der Waals surface area contributed by atoms with Gasteiger partial charge in [-0.3, -0.25) is 4.79 Å². The summed E-state index contributed by atoms with van der Waals surface area (Å²) >= 11 is 0. The smallest absolute Gasteiger partial charge is 0.263 e. The fourth-order valence-corrected chi connectivity index (χ4v) is 2.80. The molecular weight excluding hydrogens is 269 g/mol. The molecule has 1 heterocycles. The lowest BCUT2D eigenvalue weighted by Gasteiger charge is -2.39. The Morgan fingerprint density at radius 2 is 2.05 bits per heavy atom. The van der Waals surface area contributed by atoms with Crippen LogP contribution in [0, 0.1) is 11.2 Å². The number of hydrogen-bond donors (Lipinski definition) is 0. The van der Waals surface area contributed by atoms with Crippen LogP contribution in [0.2, 0.25) is 0 Å². The molecule has 1 atom stereocenters. The largest absolute Gasteiger partial charge is 0.481 e. The number of carbonyl (C=O) groups excluding carboxylic acids is 1. The van der Waals surface area contributed by atoms with Crippen molar-refractivity contribution in [1.82, 2.24) is 4.90 Å². The summed E-state index contributed by atoms with van der Waals surface area (Å²) in [7, 11) is 0. The number of likely N-dealkylation sites (tertiary alicyclic amines) is 1. The number of amides is 1. The van der Waals surface area contributed by atoms with Gasteiger partial charge in [0.25, 0.3) is 5.91 Å². The van der Waals surface area contributed by atoms with Gasteiger partial charge in [0, 0.05) is 13.1 Å². The average molecular weight is 293 g/mol. The zero-order valence-electron chi connectivity index (χ0n) is 13.1. The number of halogens is 1. The van der Waals surface area contributed by atoms with Gasteiger partial charge >= 0.3 is 0 Å². The Morgan fingerprint density at radius 1 is 1.38 bits per heavy atom. The normalized spacial score (nSPS) is 19.1. The van der Waals surface area contributed by atoms with Crippen molar-refractivity contribution in [3.05, 3.63) is 30.1 Å². The molecule has 116 valence electrons. The minimum absolute atomic E-state index is 0.0367. The third-order valence-electron chi connectivity index (χ3n) is 3.95. The molecule has 0 bridgehead atoms. The number of ether oxygens (including phenoxy) is 1. The Labute approximate surface area is 126 Å². The van der Waals surface area contributed by atoms with Crippen molar-refractivity contribution in [2.45, 2.75) is 46.1 Å². The first-order valence-electron chi connectivity index (χ1n) is 7.62. The predicted molar refractivity (Wildman–Crippen MR) is 80.7 cm³/mol. The Morgan fingerprint density at radius 3 is 2.62 bits per heavy atom. The van der Waals surface area contributed by atoms with E-state index in [0.29, 0.717) is 12.2 Å². The summed E-state index contributed by atoms with van der Waals surface area (Å²) in [6, 6.07) is 5.81. The van der Waals surface area contributed by atoms with Crippen molar-refractivity contribution in [3.8, 4) is 5.75 Å². The first-order chi connectivity index (χ1) is 9.91. The number of carbonyl (C=O) groups is 1. The highest BCUT2D eigenvalue weighted by atomic mass is 19.1. The van der Waals surface area contributed by atoms with Gasteiger partial charge in [-0.2, -0.15) is 0 Å². The average Bonchev–Trinajstić information content (AvgIpc) is 2.45. The second kappa shape index (κ2) is 6.46. The fraction of sp³-hybridized carbons (Fsp3) is 0.588. The molecule has 0 unspecified atom stereocenters. The van der Waals surface area contributed by atoms with E-state index in [4.69, 9.17) is 4.74 Å². The highest BCUT2D eigenvalue weighted by Crippen LogP contribution is 2.29. The summed E-state index contributed by atoms with van der Waals surface area (Å²) in [6.45, 7) is 7.88. The summed E-state index contributed by atoms with van der Waals surface area (Å²) in [5, 5.41) is 0. The van der Waals surface area contributed by atoms with Crippen molar-refractivity contribution in [2.75, 3.05) is 13.1 Å². The molecule has 1 amide bonds. The van der Waals surface area contributed by atoms with Gasteiger partial charge in [-0.1, -0.05) is 20.8 Å². The molecule has 2 rings (SSSR count). The molecule has 3 nitrogen and oxygen atoms in total. The SMILES string of the molecule is CC[C@H](Oc1ccc(F)cc1)C(=O)N1CCCC(C)(C)C1. The van der Waals surface area contributed by atoms with Crippen LogP contribution in [-0.2, 0) is 4.79 Å². The maximum Gasteiger partial charge on any atom is 0.263 e. The van der Waals surface area contributed by atoms with Crippen molar-refractivity contribution in [2.24, 2.45) is 5.41 Å². The van der Waals surface area contributed by atoms with E-state index < -0.39 is 6.10 Å². The van der Waals surface area contributed by atoms with Gasteiger partial charge in [-0.25, -0.2) is 4.39 Å². The molecule has 0 N–H and O–H groups in total. The Hall–Kier alpha value is -1.58. The third-order valence-corrected chi connectivity index (χ3v) is 3.95. The van der Waals surface area contributed by atoms with Gasteiger partial charge in [0.15, 0.2) is 6.10 Å². The molecule has 1 aromatic rings. The van der Waals surface area contributed by atoms with E-state index >= 15 is 0 Å². The van der Waals surface area contributed by atoms with Gasteiger partial charge in [0.1, 0.15) is 11.6 Å². The van der Waals surface area contributed by atoms with E-state index in [-0.39, 0.29) is 17.1 Å². The quantitative estimate of drug-likeness (QED) is 0.848. The molecule has 1 saturated heterocycles. The molecule has 0 aromatic heterocycles. The Kier molecular flexibility index (Phi) is 4.86. The first kappa shape index (κ1) is 15.8. The topological polar surface area (TPSA) is 29.5 Å². The van der Waals surface area contributed by atoms with Crippen molar-refractivity contribution >= 4 is 5.91 Å². The standard InChI is InChI=1S/C17H24FNO2/c1-4-15(21-14-8-6-13(18)7-9-14)16(20)19-11-5-10-17(2,3)12-19/h6-9,15H,4-5,10-12H2,1-3H3/t15-/m0/s1. The van der Waals surface area contributed by atoms with Crippen LogP contribution in [0.3, 0.4) is 0 Å². The minimum atomic E-state index is -0.496. The predicted octanol–water partition coefficient (Wildman–Crippen LogP) is 3.63. The van der Waals surface area contributed by atoms with Crippen LogP contribution in [0.4, 0.5) is 4.39 Å². The second-order valence-corrected chi connectivity index (χ2v) is 6.50. The number of nitrogens with zero attached hydrogens (tertiary/aromatic N) is 1. The Bertz CT molecular complexity index is 484. The Balaban J connectivity index is 2.02. The van der Waals surface area contributed by atoms with Gasteiger partial charge in [0.05, 0.1) is 0 Å². The molecule has 0 saturated carbocycles. The summed E-state index contributed by atoms with van der Waals surface area (Å²) in [4.78, 5) is 14.5. The molecule has 1 aromatic carbocycles. The van der Waals surface area contributed by atoms with Gasteiger partial charge in [0.2, 0.25) is 0 Å². The highest BCUT2D eigenvalue weighted by molar-refractivity contribution is 5.81. The molecule has 1 aliphatic heterocycles. The number of piperidine rings is 1. The highest BCUT2D eigenvalue weighted by Gasteiger charge is 2.32. The number of hydrogen-bond acceptors (Lipinski definition) is 2. The van der Waals surface area contributed by atoms with Crippen LogP contribution in [0.25, 0.3) is 0 Å². The van der Waals surface area contributed by atoms with E-state index in [0.717, 1.165) is 25.9 Å². The van der Waals surface area contributed by atoms with Crippen molar-refractivity contribution in [1.29, 1.82) is 0 Å². The van der Waals surface area contributed by atoms with E-state index in [1.165, 1.54) is 12.1 Å². The summed E-state index contributed by atoms with van der Waals surface area (Å²) in [5.41, 5.74) is 0.169. The monoisotopic (exact) mass is 293 g/mol. The van der Waals surface area contributed by atoms with Crippen LogP contribution in [0.15, 0.2) is 24.3 Å². The maximum absolute atomic E-state index is 12.9. The fourth-order valence-electron chi connectivity index (χ4n) is 2.80. The molecule has 21 heavy (non-hydrogen) atoms. The van der Waals surface area contributed by atoms with Crippen LogP contribution >= 0.6 is 0 Å². The second-order valence-electron chi connectivity index (χ2n) is 6.50. The minimum Gasteiger partial charge on any atom is -0.481 e. The van der Waals surface area contributed by atoms with Gasteiger partial charge in [-0.15, -0.1) is 0 Å². The van der Waals surface area contributed by atoms with Gasteiger partial charge in [-0.05, 0) is 48.9 Å². The first-order valence-corrected chi connectivity index (χ1v) is 7.62. The van der Waals surface area contributed by atoms with Crippen LogP contribution in [0.1, 0.15) is 40.0 Å². The number of rotatable bonds is 4. The third kappa shape index (κ3) is 4.19. The van der Waals surface area contributed by atoms with Gasteiger partial charge < -0.3 is 9.64 Å². The van der Waals surface area contributed by atoms with E-state index in [1.54, 1.807) is 12.1 Å². The lowest BCUT2D eigenvalue weighted by molar-refractivity contribution is -0.142. The van der Waals surface area contributed by atoms with Crippen LogP contribution in [-0.4, -0.2) is 30.0 Å². The molecule has 0 spiro atoms. The summed E-state index contributed by atoms with van der Waals surface area (Å²) < 4.78 is 18.7. The van der Waals surface area contributed by atoms with Crippen molar-refractivity contribution in [3.63, 3.8) is 0 Å². The lowest BCUT2D eigenvalue weighted by Crippen LogP contribution is -2.48. The van der Waals surface area contributed by atoms with Crippen LogP contribution in [0.5, 0.6) is 5.75 Å². The summed E-state index contributed by atoms with van der Waals surface area (Å²) in [5.74, 6) is 0.266. The number of benzene rings is 1. The maximum atomic E-state index is 12.9. The van der Waals surface area contributed by atoms with E-state index in [1.807, 2.05) is 11.8 Å². The summed E-state index contributed by atoms with van der Waals surface area (Å²) in [6.07, 6.45) is 2.29. The zero-order valence-corrected chi connectivity index (χ0v) is 13.1. The molecule has 1 aliphatic rings. The molecule has 0 radical (unpaired) electrons. The molecule has 0 aliphatic carbocycles. The zero-order chi connectivity index (χ0) is 15.5. The molecule has 4 heteroatoms. The molecule has 1 fully saturated rings. The van der Waals surface area contributed by atoms with E-state index in [9.17, 15) is 9.18 Å². The van der Waals surface area contributed by atoms with E-state index in [2.05, 4.69) is 13.8 Å². The lowest BCUT2D eigenvalue weighted by atomic mass is 9.84. The van der Waals surface area contributed by atoms with Crippen molar-refractivity contribution < 1.29 is 13.9 Å². The molecular formula is C17H24FNO2. The van der Waals surface area contributed by atoms with Crippen LogP contribution < -0.4 is 4.74 Å².